The van der Waals surface area contributed by atoms with Crippen LogP contribution in [0.1, 0.15) is 47.0 Å². The quantitative estimate of drug-likeness (QED) is 0.715. The molecule has 110 valence electrons. The molecule has 1 unspecified atom stereocenters. The predicted octanol–water partition coefficient (Wildman–Crippen LogP) is 2.27. The maximum Gasteiger partial charge on any atom is 0.0594 e. The van der Waals surface area contributed by atoms with E-state index in [1.807, 2.05) is 6.92 Å². The summed E-state index contributed by atoms with van der Waals surface area (Å²) in [7, 11) is 0. The molecule has 1 N–H and O–H groups in total. The van der Waals surface area contributed by atoms with E-state index in [-0.39, 0.29) is 5.54 Å². The van der Waals surface area contributed by atoms with Crippen LogP contribution < -0.4 is 5.32 Å². The number of nitrogens with zero attached hydrogens (tertiary/aromatic N) is 1. The molecule has 1 aliphatic heterocycles. The van der Waals surface area contributed by atoms with Gasteiger partial charge in [0.1, 0.15) is 0 Å². The van der Waals surface area contributed by atoms with Crippen molar-refractivity contribution in [2.75, 3.05) is 32.8 Å². The van der Waals surface area contributed by atoms with Crippen LogP contribution in [0.3, 0.4) is 0 Å². The van der Waals surface area contributed by atoms with Crippen molar-refractivity contribution in [1.82, 2.24) is 10.2 Å². The topological polar surface area (TPSA) is 24.5 Å². The maximum atomic E-state index is 5.47. The Labute approximate surface area is 119 Å². The second-order valence-corrected chi connectivity index (χ2v) is 5.73. The van der Waals surface area contributed by atoms with Crippen molar-refractivity contribution in [3.8, 4) is 11.8 Å². The van der Waals surface area contributed by atoms with E-state index in [9.17, 15) is 0 Å². The monoisotopic (exact) mass is 266 g/mol. The maximum absolute atomic E-state index is 5.47. The lowest BCUT2D eigenvalue weighted by Crippen LogP contribution is -2.60. The molecule has 0 bridgehead atoms. The first-order chi connectivity index (χ1) is 9.12. The lowest BCUT2D eigenvalue weighted by atomic mass is 9.88. The summed E-state index contributed by atoms with van der Waals surface area (Å²) in [4.78, 5) is 2.56. The summed E-state index contributed by atoms with van der Waals surface area (Å²) in [5.41, 5.74) is 0.161. The lowest BCUT2D eigenvalue weighted by molar-refractivity contribution is -0.0241. The van der Waals surface area contributed by atoms with Gasteiger partial charge in [-0.05, 0) is 40.2 Å². The third-order valence-electron chi connectivity index (χ3n) is 4.05. The van der Waals surface area contributed by atoms with E-state index in [0.29, 0.717) is 6.04 Å². The first-order valence-corrected chi connectivity index (χ1v) is 7.58. The Kier molecular flexibility index (Phi) is 7.45. The number of morpholine rings is 1. The van der Waals surface area contributed by atoms with E-state index in [0.717, 1.165) is 45.7 Å². The molecular formula is C16H30N2O. The summed E-state index contributed by atoms with van der Waals surface area (Å²) in [6.07, 6.45) is 3.27. The molecule has 0 aliphatic carbocycles. The Morgan fingerprint density at radius 1 is 1.32 bits per heavy atom. The van der Waals surface area contributed by atoms with Crippen molar-refractivity contribution in [3.05, 3.63) is 0 Å². The van der Waals surface area contributed by atoms with E-state index < -0.39 is 0 Å². The van der Waals surface area contributed by atoms with Crippen LogP contribution in [0.25, 0.3) is 0 Å². The molecule has 0 amide bonds. The van der Waals surface area contributed by atoms with Gasteiger partial charge in [0, 0.05) is 31.1 Å². The van der Waals surface area contributed by atoms with Crippen molar-refractivity contribution >= 4 is 0 Å². The fourth-order valence-corrected chi connectivity index (χ4v) is 2.73. The molecule has 1 atom stereocenters. The molecule has 0 radical (unpaired) electrons. The Bertz CT molecular complexity index is 298. The van der Waals surface area contributed by atoms with Gasteiger partial charge in [-0.25, -0.2) is 0 Å². The summed E-state index contributed by atoms with van der Waals surface area (Å²) >= 11 is 0. The molecule has 0 aromatic rings. The van der Waals surface area contributed by atoms with E-state index in [1.54, 1.807) is 0 Å². The molecule has 3 heteroatoms. The zero-order valence-electron chi connectivity index (χ0n) is 13.1. The largest absolute Gasteiger partial charge is 0.379 e. The molecule has 1 saturated heterocycles. The third-order valence-corrected chi connectivity index (χ3v) is 4.05. The summed E-state index contributed by atoms with van der Waals surface area (Å²) in [5.74, 6) is 6.20. The van der Waals surface area contributed by atoms with Gasteiger partial charge in [0.15, 0.2) is 0 Å². The van der Waals surface area contributed by atoms with Crippen LogP contribution in [-0.4, -0.2) is 49.3 Å². The van der Waals surface area contributed by atoms with Crippen LogP contribution in [0.15, 0.2) is 0 Å². The molecule has 0 spiro atoms. The predicted molar refractivity (Wildman–Crippen MR) is 81.2 cm³/mol. The molecule has 19 heavy (non-hydrogen) atoms. The number of rotatable bonds is 7. The standard InChI is InChI=1S/C16H30N2O/c1-5-7-8-9-15(17-10-6-2)16(3,4)18-11-13-19-14-12-18/h15,17H,6,8-14H2,1-4H3. The Balaban J connectivity index is 2.64. The van der Waals surface area contributed by atoms with Crippen molar-refractivity contribution in [1.29, 1.82) is 0 Å². The third kappa shape index (κ3) is 5.14. The highest BCUT2D eigenvalue weighted by molar-refractivity contribution is 5.00. The Hall–Kier alpha value is -0.560. The average Bonchev–Trinajstić information content (AvgIpc) is 2.43. The molecular weight excluding hydrogens is 236 g/mol. The highest BCUT2D eigenvalue weighted by Crippen LogP contribution is 2.23. The van der Waals surface area contributed by atoms with Crippen LogP contribution in [0, 0.1) is 11.8 Å². The molecule has 0 aromatic carbocycles. The summed E-state index contributed by atoms with van der Waals surface area (Å²) in [6, 6.07) is 0.492. The second-order valence-electron chi connectivity index (χ2n) is 5.73. The van der Waals surface area contributed by atoms with Gasteiger partial charge >= 0.3 is 0 Å². The fraction of sp³-hybridized carbons (Fsp3) is 0.875. The normalized spacial score (nSPS) is 18.7. The van der Waals surface area contributed by atoms with Gasteiger partial charge in [-0.1, -0.05) is 6.92 Å². The van der Waals surface area contributed by atoms with Gasteiger partial charge in [-0.3, -0.25) is 4.90 Å². The van der Waals surface area contributed by atoms with E-state index >= 15 is 0 Å². The van der Waals surface area contributed by atoms with Crippen molar-refractivity contribution in [2.45, 2.75) is 58.5 Å². The number of hydrogen-bond donors (Lipinski definition) is 1. The second kappa shape index (κ2) is 8.58. The van der Waals surface area contributed by atoms with Crippen molar-refractivity contribution in [2.24, 2.45) is 0 Å². The number of ether oxygens (including phenoxy) is 1. The van der Waals surface area contributed by atoms with Gasteiger partial charge < -0.3 is 10.1 Å². The SMILES string of the molecule is CC#CCCC(NCCC)C(C)(C)N1CCOCC1. The van der Waals surface area contributed by atoms with Crippen molar-refractivity contribution < 1.29 is 4.74 Å². The molecule has 1 aliphatic rings. The average molecular weight is 266 g/mol. The van der Waals surface area contributed by atoms with Crippen molar-refractivity contribution in [3.63, 3.8) is 0 Å². The van der Waals surface area contributed by atoms with Crippen LogP contribution >= 0.6 is 0 Å². The van der Waals surface area contributed by atoms with Crippen LogP contribution in [0.5, 0.6) is 0 Å². The minimum absolute atomic E-state index is 0.161. The molecule has 0 saturated carbocycles. The highest BCUT2D eigenvalue weighted by Gasteiger charge is 2.35. The first kappa shape index (κ1) is 16.5. The minimum atomic E-state index is 0.161. The fourth-order valence-electron chi connectivity index (χ4n) is 2.73. The van der Waals surface area contributed by atoms with Gasteiger partial charge in [0.2, 0.25) is 0 Å². The van der Waals surface area contributed by atoms with Crippen LogP contribution in [0.4, 0.5) is 0 Å². The van der Waals surface area contributed by atoms with E-state index in [1.165, 1.54) is 6.42 Å². The summed E-state index contributed by atoms with van der Waals surface area (Å²) < 4.78 is 5.47. The molecule has 3 nitrogen and oxygen atoms in total. The molecule has 1 rings (SSSR count). The number of nitrogens with one attached hydrogen (secondary N) is 1. The van der Waals surface area contributed by atoms with Gasteiger partial charge in [-0.2, -0.15) is 0 Å². The van der Waals surface area contributed by atoms with Crippen LogP contribution in [-0.2, 0) is 4.74 Å². The van der Waals surface area contributed by atoms with E-state index in [4.69, 9.17) is 4.74 Å². The van der Waals surface area contributed by atoms with Gasteiger partial charge in [0.25, 0.3) is 0 Å². The zero-order chi connectivity index (χ0) is 14.1. The molecule has 0 aromatic heterocycles. The van der Waals surface area contributed by atoms with Crippen LogP contribution in [0.2, 0.25) is 0 Å². The minimum Gasteiger partial charge on any atom is -0.379 e. The van der Waals surface area contributed by atoms with Gasteiger partial charge in [0.05, 0.1) is 13.2 Å². The molecule has 1 heterocycles. The van der Waals surface area contributed by atoms with Gasteiger partial charge in [-0.15, -0.1) is 11.8 Å². The molecule has 1 fully saturated rings. The first-order valence-electron chi connectivity index (χ1n) is 7.58. The summed E-state index contributed by atoms with van der Waals surface area (Å²) in [6.45, 7) is 13.7. The summed E-state index contributed by atoms with van der Waals surface area (Å²) in [5, 5.41) is 3.72. The Morgan fingerprint density at radius 3 is 2.58 bits per heavy atom. The smallest absolute Gasteiger partial charge is 0.0594 e. The number of hydrogen-bond acceptors (Lipinski definition) is 3. The zero-order valence-corrected chi connectivity index (χ0v) is 13.1. The Morgan fingerprint density at radius 2 is 2.00 bits per heavy atom. The van der Waals surface area contributed by atoms with E-state index in [2.05, 4.69) is 42.8 Å². The highest BCUT2D eigenvalue weighted by atomic mass is 16.5. The lowest BCUT2D eigenvalue weighted by Gasteiger charge is -2.46.